The highest BCUT2D eigenvalue weighted by molar-refractivity contribution is 5.66. The normalized spacial score (nSPS) is 9.42. The number of amides is 1. The molecule has 1 rings (SSSR count). The van der Waals surface area contributed by atoms with Crippen LogP contribution < -0.4 is 5.32 Å². The number of hydrogen-bond donors (Lipinski definition) is 1. The molecule has 4 nitrogen and oxygen atoms in total. The number of carbonyl (C=O) groups is 1. The number of carbonyl (C=O) groups excluding carboxylic acids is 1. The molecule has 0 spiro atoms. The van der Waals surface area contributed by atoms with Crippen LogP contribution in [-0.2, 0) is 11.3 Å². The zero-order chi connectivity index (χ0) is 8.81. The fourth-order valence-electron chi connectivity index (χ4n) is 0.727. The van der Waals surface area contributed by atoms with Gasteiger partial charge in [-0.2, -0.15) is 0 Å². The van der Waals surface area contributed by atoms with Crippen LogP contribution in [0.25, 0.3) is 0 Å². The molecule has 12 heavy (non-hydrogen) atoms. The monoisotopic (exact) mass is 169 g/mol. The van der Waals surface area contributed by atoms with Gasteiger partial charge >= 0.3 is 6.09 Å². The SMILES string of the molecule is CCNC(=O)OCc1ccco1. The third-order valence-corrected chi connectivity index (χ3v) is 1.25. The van der Waals surface area contributed by atoms with Crippen molar-refractivity contribution in [2.24, 2.45) is 0 Å². The molecule has 0 radical (unpaired) electrons. The van der Waals surface area contributed by atoms with Crippen molar-refractivity contribution < 1.29 is 13.9 Å². The van der Waals surface area contributed by atoms with E-state index in [-0.39, 0.29) is 6.61 Å². The maximum atomic E-state index is 10.8. The van der Waals surface area contributed by atoms with Gasteiger partial charge in [0.1, 0.15) is 5.76 Å². The molecule has 1 aromatic heterocycles. The summed E-state index contributed by atoms with van der Waals surface area (Å²) in [5.74, 6) is 0.640. The number of furan rings is 1. The van der Waals surface area contributed by atoms with Gasteiger partial charge in [0, 0.05) is 6.54 Å². The molecule has 66 valence electrons. The first kappa shape index (κ1) is 8.64. The van der Waals surface area contributed by atoms with Crippen molar-refractivity contribution in [3.05, 3.63) is 24.2 Å². The van der Waals surface area contributed by atoms with E-state index >= 15 is 0 Å². The van der Waals surface area contributed by atoms with E-state index in [4.69, 9.17) is 9.15 Å². The minimum atomic E-state index is -0.422. The molecule has 0 saturated heterocycles. The summed E-state index contributed by atoms with van der Waals surface area (Å²) >= 11 is 0. The summed E-state index contributed by atoms with van der Waals surface area (Å²) in [5.41, 5.74) is 0. The lowest BCUT2D eigenvalue weighted by Crippen LogP contribution is -2.23. The molecule has 1 amide bonds. The molecule has 0 aliphatic heterocycles. The van der Waals surface area contributed by atoms with Crippen LogP contribution in [0.3, 0.4) is 0 Å². The van der Waals surface area contributed by atoms with Gasteiger partial charge in [0.05, 0.1) is 6.26 Å². The van der Waals surface area contributed by atoms with E-state index in [0.717, 1.165) is 0 Å². The van der Waals surface area contributed by atoms with Crippen molar-refractivity contribution in [1.29, 1.82) is 0 Å². The smallest absolute Gasteiger partial charge is 0.407 e. The predicted octanol–water partition coefficient (Wildman–Crippen LogP) is 1.53. The molecule has 1 aromatic rings. The molecule has 1 heterocycles. The summed E-state index contributed by atoms with van der Waals surface area (Å²) in [6.45, 7) is 2.57. The van der Waals surface area contributed by atoms with Gasteiger partial charge in [-0.3, -0.25) is 0 Å². The Labute approximate surface area is 70.5 Å². The highest BCUT2D eigenvalue weighted by atomic mass is 16.6. The van der Waals surface area contributed by atoms with E-state index in [1.165, 1.54) is 6.26 Å². The van der Waals surface area contributed by atoms with Crippen LogP contribution in [0.4, 0.5) is 4.79 Å². The molecule has 0 saturated carbocycles. The van der Waals surface area contributed by atoms with Crippen LogP contribution in [-0.4, -0.2) is 12.6 Å². The molecule has 4 heteroatoms. The highest BCUT2D eigenvalue weighted by Gasteiger charge is 2.01. The van der Waals surface area contributed by atoms with Crippen molar-refractivity contribution >= 4 is 6.09 Å². The molecule has 0 atom stereocenters. The van der Waals surface area contributed by atoms with Gasteiger partial charge < -0.3 is 14.5 Å². The van der Waals surface area contributed by atoms with Gasteiger partial charge in [0.2, 0.25) is 0 Å². The van der Waals surface area contributed by atoms with E-state index in [0.29, 0.717) is 12.3 Å². The summed E-state index contributed by atoms with van der Waals surface area (Å²) in [5, 5.41) is 2.51. The van der Waals surface area contributed by atoms with Gasteiger partial charge in [-0.15, -0.1) is 0 Å². The molecular formula is C8H11NO3. The summed E-state index contributed by atoms with van der Waals surface area (Å²) in [6.07, 6.45) is 1.12. The average Bonchev–Trinajstić information content (AvgIpc) is 2.53. The van der Waals surface area contributed by atoms with Crippen molar-refractivity contribution in [1.82, 2.24) is 5.32 Å². The zero-order valence-corrected chi connectivity index (χ0v) is 6.87. The first-order valence-electron chi connectivity index (χ1n) is 3.76. The maximum absolute atomic E-state index is 10.8. The molecule has 0 unspecified atom stereocenters. The van der Waals surface area contributed by atoms with Crippen LogP contribution in [0.5, 0.6) is 0 Å². The Morgan fingerprint density at radius 1 is 1.75 bits per heavy atom. The Balaban J connectivity index is 2.22. The Morgan fingerprint density at radius 3 is 3.17 bits per heavy atom. The lowest BCUT2D eigenvalue weighted by Gasteiger charge is -2.01. The van der Waals surface area contributed by atoms with Crippen LogP contribution in [0, 0.1) is 0 Å². The molecule has 0 bridgehead atoms. The quantitative estimate of drug-likeness (QED) is 0.746. The summed E-state index contributed by atoms with van der Waals surface area (Å²) < 4.78 is 9.74. The Kier molecular flexibility index (Phi) is 3.19. The van der Waals surface area contributed by atoms with E-state index in [2.05, 4.69) is 5.32 Å². The van der Waals surface area contributed by atoms with Gasteiger partial charge in [-0.05, 0) is 19.1 Å². The fraction of sp³-hybridized carbons (Fsp3) is 0.375. The number of ether oxygens (including phenoxy) is 1. The molecule has 0 fully saturated rings. The van der Waals surface area contributed by atoms with Gasteiger partial charge in [0.15, 0.2) is 6.61 Å². The number of rotatable bonds is 3. The van der Waals surface area contributed by atoms with Crippen molar-refractivity contribution in [3.8, 4) is 0 Å². The Bertz CT molecular complexity index is 230. The molecular weight excluding hydrogens is 158 g/mol. The Hall–Kier alpha value is -1.45. The second-order valence-corrected chi connectivity index (χ2v) is 2.19. The van der Waals surface area contributed by atoms with Crippen LogP contribution in [0.15, 0.2) is 22.8 Å². The van der Waals surface area contributed by atoms with Gasteiger partial charge in [-0.1, -0.05) is 0 Å². The van der Waals surface area contributed by atoms with Crippen molar-refractivity contribution in [3.63, 3.8) is 0 Å². The minimum Gasteiger partial charge on any atom is -0.466 e. The number of hydrogen-bond acceptors (Lipinski definition) is 3. The summed E-state index contributed by atoms with van der Waals surface area (Å²) in [7, 11) is 0. The van der Waals surface area contributed by atoms with Crippen LogP contribution >= 0.6 is 0 Å². The number of nitrogens with one attached hydrogen (secondary N) is 1. The first-order valence-corrected chi connectivity index (χ1v) is 3.76. The van der Waals surface area contributed by atoms with Gasteiger partial charge in [0.25, 0.3) is 0 Å². The number of alkyl carbamates (subject to hydrolysis) is 1. The predicted molar refractivity (Wildman–Crippen MR) is 42.6 cm³/mol. The molecule has 0 aromatic carbocycles. The van der Waals surface area contributed by atoms with E-state index in [1.54, 1.807) is 12.1 Å². The van der Waals surface area contributed by atoms with E-state index in [1.807, 2.05) is 6.92 Å². The van der Waals surface area contributed by atoms with Crippen LogP contribution in [0.1, 0.15) is 12.7 Å². The van der Waals surface area contributed by atoms with Crippen molar-refractivity contribution in [2.45, 2.75) is 13.5 Å². The second-order valence-electron chi connectivity index (χ2n) is 2.19. The van der Waals surface area contributed by atoms with E-state index < -0.39 is 6.09 Å². The average molecular weight is 169 g/mol. The standard InChI is InChI=1S/C8H11NO3/c1-2-9-8(10)12-6-7-4-3-5-11-7/h3-5H,2,6H2,1H3,(H,9,10). The van der Waals surface area contributed by atoms with E-state index in [9.17, 15) is 4.79 Å². The molecule has 1 N–H and O–H groups in total. The summed E-state index contributed by atoms with van der Waals surface area (Å²) in [6, 6.07) is 3.50. The third kappa shape index (κ3) is 2.65. The van der Waals surface area contributed by atoms with Crippen molar-refractivity contribution in [2.75, 3.05) is 6.54 Å². The largest absolute Gasteiger partial charge is 0.466 e. The van der Waals surface area contributed by atoms with Gasteiger partial charge in [-0.25, -0.2) is 4.79 Å². The Morgan fingerprint density at radius 2 is 2.58 bits per heavy atom. The molecule has 0 aliphatic rings. The highest BCUT2D eigenvalue weighted by Crippen LogP contribution is 2.01. The third-order valence-electron chi connectivity index (χ3n) is 1.25. The van der Waals surface area contributed by atoms with Crippen LogP contribution in [0.2, 0.25) is 0 Å². The molecule has 0 aliphatic carbocycles. The lowest BCUT2D eigenvalue weighted by molar-refractivity contribution is 0.132. The second kappa shape index (κ2) is 4.43. The topological polar surface area (TPSA) is 51.5 Å². The lowest BCUT2D eigenvalue weighted by atomic mass is 10.5. The fourth-order valence-corrected chi connectivity index (χ4v) is 0.727. The first-order chi connectivity index (χ1) is 5.83. The maximum Gasteiger partial charge on any atom is 0.407 e. The zero-order valence-electron chi connectivity index (χ0n) is 6.87. The minimum absolute atomic E-state index is 0.179. The summed E-state index contributed by atoms with van der Waals surface area (Å²) in [4.78, 5) is 10.8.